The molecule has 1 fully saturated rings. The van der Waals surface area contributed by atoms with Gasteiger partial charge in [-0.2, -0.15) is 0 Å². The molecular formula is C15H25N3O. The van der Waals surface area contributed by atoms with E-state index in [1.165, 1.54) is 5.69 Å². The van der Waals surface area contributed by atoms with Gasteiger partial charge in [0.1, 0.15) is 0 Å². The van der Waals surface area contributed by atoms with Crippen molar-refractivity contribution in [2.75, 3.05) is 32.1 Å². The highest BCUT2D eigenvalue weighted by Crippen LogP contribution is 2.16. The smallest absolute Gasteiger partial charge is 0.0564 e. The van der Waals surface area contributed by atoms with Crippen molar-refractivity contribution in [1.82, 2.24) is 9.88 Å². The van der Waals surface area contributed by atoms with E-state index in [1.54, 1.807) is 0 Å². The molecule has 1 aromatic rings. The molecule has 0 radical (unpaired) electrons. The molecule has 1 aliphatic heterocycles. The van der Waals surface area contributed by atoms with Crippen molar-refractivity contribution in [3.05, 3.63) is 24.0 Å². The third kappa shape index (κ3) is 4.48. The number of hydrogen-bond acceptors (Lipinski definition) is 4. The molecule has 0 amide bonds. The lowest BCUT2D eigenvalue weighted by Gasteiger charge is -2.30. The number of rotatable bonds is 6. The topological polar surface area (TPSA) is 37.4 Å². The summed E-state index contributed by atoms with van der Waals surface area (Å²) in [4.78, 5) is 6.87. The largest absolute Gasteiger partial charge is 0.385 e. The standard InChI is InChI=1S/C15H25N3O/c1-3-7-16-13-4-8-17-14(11-13)12-18(2)15-5-9-19-10-6-15/h4,8,11,15H,3,5-7,9-10,12H2,1-2H3,(H,16,17). The van der Waals surface area contributed by atoms with Crippen LogP contribution in [0.5, 0.6) is 0 Å². The quantitative estimate of drug-likeness (QED) is 0.856. The van der Waals surface area contributed by atoms with Crippen LogP contribution in [0.3, 0.4) is 0 Å². The maximum Gasteiger partial charge on any atom is 0.0564 e. The molecule has 1 aliphatic rings. The van der Waals surface area contributed by atoms with Gasteiger partial charge in [-0.1, -0.05) is 6.92 Å². The SMILES string of the molecule is CCCNc1ccnc(CN(C)C2CCOCC2)c1. The van der Waals surface area contributed by atoms with E-state index in [0.717, 1.165) is 51.3 Å². The van der Waals surface area contributed by atoms with Crippen LogP contribution in [-0.4, -0.2) is 42.7 Å². The van der Waals surface area contributed by atoms with Gasteiger partial charge in [0.05, 0.1) is 5.69 Å². The number of ether oxygens (including phenoxy) is 1. The fraction of sp³-hybridized carbons (Fsp3) is 0.667. The minimum Gasteiger partial charge on any atom is -0.385 e. The molecule has 19 heavy (non-hydrogen) atoms. The van der Waals surface area contributed by atoms with Gasteiger partial charge < -0.3 is 10.1 Å². The van der Waals surface area contributed by atoms with E-state index in [4.69, 9.17) is 4.74 Å². The van der Waals surface area contributed by atoms with Gasteiger partial charge in [0.15, 0.2) is 0 Å². The van der Waals surface area contributed by atoms with Crippen LogP contribution in [0.2, 0.25) is 0 Å². The third-order valence-electron chi connectivity index (χ3n) is 3.62. The van der Waals surface area contributed by atoms with E-state index >= 15 is 0 Å². The molecule has 4 nitrogen and oxygen atoms in total. The lowest BCUT2D eigenvalue weighted by Crippen LogP contribution is -2.36. The van der Waals surface area contributed by atoms with Crippen LogP contribution >= 0.6 is 0 Å². The molecule has 106 valence electrons. The van der Waals surface area contributed by atoms with Crippen LogP contribution in [0.1, 0.15) is 31.9 Å². The molecule has 0 spiro atoms. The van der Waals surface area contributed by atoms with Gasteiger partial charge in [0, 0.05) is 44.2 Å². The number of nitrogens with one attached hydrogen (secondary N) is 1. The van der Waals surface area contributed by atoms with Gasteiger partial charge in [-0.3, -0.25) is 9.88 Å². The van der Waals surface area contributed by atoms with Crippen molar-refractivity contribution in [3.8, 4) is 0 Å². The lowest BCUT2D eigenvalue weighted by atomic mass is 10.1. The van der Waals surface area contributed by atoms with Gasteiger partial charge in [-0.25, -0.2) is 0 Å². The Bertz CT molecular complexity index is 377. The van der Waals surface area contributed by atoms with Gasteiger partial charge >= 0.3 is 0 Å². The Hall–Kier alpha value is -1.13. The molecule has 4 heteroatoms. The van der Waals surface area contributed by atoms with E-state index in [0.29, 0.717) is 6.04 Å². The summed E-state index contributed by atoms with van der Waals surface area (Å²) in [6, 6.07) is 4.82. The Labute approximate surface area is 116 Å². The van der Waals surface area contributed by atoms with Crippen molar-refractivity contribution < 1.29 is 4.74 Å². The van der Waals surface area contributed by atoms with Crippen LogP contribution in [-0.2, 0) is 11.3 Å². The molecule has 0 saturated carbocycles. The summed E-state index contributed by atoms with van der Waals surface area (Å²) in [6.07, 6.45) is 5.29. The van der Waals surface area contributed by atoms with Crippen LogP contribution in [0.15, 0.2) is 18.3 Å². The molecule has 0 atom stereocenters. The highest BCUT2D eigenvalue weighted by atomic mass is 16.5. The second-order valence-electron chi connectivity index (χ2n) is 5.22. The van der Waals surface area contributed by atoms with Crippen molar-refractivity contribution in [2.45, 2.75) is 38.8 Å². The molecule has 0 aromatic carbocycles. The number of anilines is 1. The van der Waals surface area contributed by atoms with E-state index in [-0.39, 0.29) is 0 Å². The molecule has 2 rings (SSSR count). The van der Waals surface area contributed by atoms with Crippen molar-refractivity contribution >= 4 is 5.69 Å². The molecular weight excluding hydrogens is 238 g/mol. The minimum absolute atomic E-state index is 0.628. The molecule has 2 heterocycles. The zero-order valence-corrected chi connectivity index (χ0v) is 12.1. The van der Waals surface area contributed by atoms with Gasteiger partial charge in [-0.15, -0.1) is 0 Å². The number of aromatic nitrogens is 1. The van der Waals surface area contributed by atoms with Gasteiger partial charge in [-0.05, 0) is 38.4 Å². The maximum atomic E-state index is 5.41. The fourth-order valence-electron chi connectivity index (χ4n) is 2.45. The van der Waals surface area contributed by atoms with Crippen molar-refractivity contribution in [2.24, 2.45) is 0 Å². The third-order valence-corrected chi connectivity index (χ3v) is 3.62. The Morgan fingerprint density at radius 1 is 1.42 bits per heavy atom. The first-order chi connectivity index (χ1) is 9.29. The summed E-state index contributed by atoms with van der Waals surface area (Å²) in [6.45, 7) is 5.88. The van der Waals surface area contributed by atoms with Crippen LogP contribution in [0.4, 0.5) is 5.69 Å². The summed E-state index contributed by atoms with van der Waals surface area (Å²) in [5.74, 6) is 0. The lowest BCUT2D eigenvalue weighted by molar-refractivity contribution is 0.0403. The van der Waals surface area contributed by atoms with Crippen LogP contribution < -0.4 is 5.32 Å². The molecule has 0 unspecified atom stereocenters. The summed E-state index contributed by atoms with van der Waals surface area (Å²) in [7, 11) is 2.18. The van der Waals surface area contributed by atoms with E-state index in [2.05, 4.69) is 35.2 Å². The highest BCUT2D eigenvalue weighted by Gasteiger charge is 2.18. The highest BCUT2D eigenvalue weighted by molar-refractivity contribution is 5.43. The van der Waals surface area contributed by atoms with Crippen LogP contribution in [0.25, 0.3) is 0 Å². The summed E-state index contributed by atoms with van der Waals surface area (Å²) < 4.78 is 5.41. The number of pyridine rings is 1. The first-order valence-electron chi connectivity index (χ1n) is 7.26. The summed E-state index contributed by atoms with van der Waals surface area (Å²) >= 11 is 0. The monoisotopic (exact) mass is 263 g/mol. The van der Waals surface area contributed by atoms with E-state index in [1.807, 2.05) is 12.3 Å². The fourth-order valence-corrected chi connectivity index (χ4v) is 2.45. The van der Waals surface area contributed by atoms with Gasteiger partial charge in [0.25, 0.3) is 0 Å². The zero-order valence-electron chi connectivity index (χ0n) is 12.1. The first kappa shape index (κ1) is 14.3. The predicted octanol–water partition coefficient (Wildman–Crippen LogP) is 2.51. The predicted molar refractivity (Wildman–Crippen MR) is 78.3 cm³/mol. The summed E-state index contributed by atoms with van der Waals surface area (Å²) in [5, 5.41) is 3.41. The second kappa shape index (κ2) is 7.46. The van der Waals surface area contributed by atoms with Crippen molar-refractivity contribution in [1.29, 1.82) is 0 Å². The normalized spacial score (nSPS) is 16.8. The summed E-state index contributed by atoms with van der Waals surface area (Å²) in [5.41, 5.74) is 2.31. The van der Waals surface area contributed by atoms with Crippen LogP contribution in [0, 0.1) is 0 Å². The zero-order chi connectivity index (χ0) is 13.5. The van der Waals surface area contributed by atoms with E-state index < -0.39 is 0 Å². The minimum atomic E-state index is 0.628. The van der Waals surface area contributed by atoms with E-state index in [9.17, 15) is 0 Å². The maximum absolute atomic E-state index is 5.41. The van der Waals surface area contributed by atoms with Gasteiger partial charge in [0.2, 0.25) is 0 Å². The number of hydrogen-bond donors (Lipinski definition) is 1. The molecule has 1 aromatic heterocycles. The molecule has 0 aliphatic carbocycles. The second-order valence-corrected chi connectivity index (χ2v) is 5.22. The Kier molecular flexibility index (Phi) is 5.61. The first-order valence-corrected chi connectivity index (χ1v) is 7.26. The number of nitrogens with zero attached hydrogens (tertiary/aromatic N) is 2. The molecule has 1 N–H and O–H groups in total. The molecule has 1 saturated heterocycles. The average molecular weight is 263 g/mol. The molecule has 0 bridgehead atoms. The Morgan fingerprint density at radius 2 is 2.21 bits per heavy atom. The van der Waals surface area contributed by atoms with Crippen molar-refractivity contribution in [3.63, 3.8) is 0 Å². The Morgan fingerprint density at radius 3 is 2.95 bits per heavy atom. The average Bonchev–Trinajstić information content (AvgIpc) is 2.46. The Balaban J connectivity index is 1.90.